The first kappa shape index (κ1) is 14.7. The summed E-state index contributed by atoms with van der Waals surface area (Å²) in [5.74, 6) is -0.158. The van der Waals surface area contributed by atoms with Crippen molar-refractivity contribution in [3.05, 3.63) is 12.2 Å². The molecule has 0 saturated heterocycles. The van der Waals surface area contributed by atoms with Crippen molar-refractivity contribution in [3.8, 4) is 0 Å². The Bertz CT molecular complexity index is 317. The van der Waals surface area contributed by atoms with Gasteiger partial charge in [0.05, 0.1) is 6.04 Å². The van der Waals surface area contributed by atoms with E-state index in [2.05, 4.69) is 5.32 Å². The molecule has 0 aliphatic heterocycles. The van der Waals surface area contributed by atoms with Crippen molar-refractivity contribution in [1.29, 1.82) is 0 Å². The van der Waals surface area contributed by atoms with Crippen molar-refractivity contribution in [2.24, 2.45) is 5.92 Å². The smallest absolute Gasteiger partial charge is 0.408 e. The molecule has 0 radical (unpaired) electrons. The molecule has 1 aliphatic rings. The molecule has 1 amide bonds. The number of alkyl carbamates (subject to hydrolysis) is 1. The molecule has 4 nitrogen and oxygen atoms in total. The van der Waals surface area contributed by atoms with Gasteiger partial charge in [-0.1, -0.05) is 18.6 Å². The first-order chi connectivity index (χ1) is 8.42. The second kappa shape index (κ2) is 6.57. The molecule has 4 heteroatoms. The van der Waals surface area contributed by atoms with Crippen LogP contribution >= 0.6 is 0 Å². The van der Waals surface area contributed by atoms with E-state index in [0.29, 0.717) is 0 Å². The predicted molar refractivity (Wildman–Crippen MR) is 70.3 cm³/mol. The maximum Gasteiger partial charge on any atom is 0.408 e. The summed E-state index contributed by atoms with van der Waals surface area (Å²) < 4.78 is 5.21. The molecule has 2 atom stereocenters. The van der Waals surface area contributed by atoms with E-state index < -0.39 is 11.7 Å². The minimum absolute atomic E-state index is 0.158. The normalized spacial score (nSPS) is 24.8. The lowest BCUT2D eigenvalue weighted by Gasteiger charge is -2.25. The van der Waals surface area contributed by atoms with Crippen LogP contribution in [0, 0.1) is 5.92 Å². The monoisotopic (exact) mass is 253 g/mol. The highest BCUT2D eigenvalue weighted by Crippen LogP contribution is 2.17. The molecular formula is C14H23NO3. The fraction of sp³-hybridized carbons (Fsp3) is 0.714. The van der Waals surface area contributed by atoms with Gasteiger partial charge >= 0.3 is 6.09 Å². The van der Waals surface area contributed by atoms with Gasteiger partial charge in [-0.3, -0.25) is 0 Å². The average Bonchev–Trinajstić information content (AvgIpc) is 2.20. The summed E-state index contributed by atoms with van der Waals surface area (Å²) in [6.45, 7) is 5.45. The van der Waals surface area contributed by atoms with Gasteiger partial charge in [-0.05, 0) is 40.0 Å². The lowest BCUT2D eigenvalue weighted by molar-refractivity contribution is -0.111. The Kier molecular flexibility index (Phi) is 5.38. The van der Waals surface area contributed by atoms with Crippen LogP contribution in [0.4, 0.5) is 4.79 Å². The van der Waals surface area contributed by atoms with E-state index >= 15 is 0 Å². The van der Waals surface area contributed by atoms with Crippen LogP contribution in [0.3, 0.4) is 0 Å². The van der Waals surface area contributed by atoms with E-state index in [4.69, 9.17) is 4.74 Å². The third-order valence-electron chi connectivity index (χ3n) is 2.82. The van der Waals surface area contributed by atoms with Gasteiger partial charge in [-0.2, -0.15) is 0 Å². The summed E-state index contributed by atoms with van der Waals surface area (Å²) in [7, 11) is 0. The van der Waals surface area contributed by atoms with Crippen LogP contribution in [-0.4, -0.2) is 24.0 Å². The number of nitrogens with one attached hydrogen (secondary N) is 1. The van der Waals surface area contributed by atoms with Gasteiger partial charge in [0.25, 0.3) is 0 Å². The highest BCUT2D eigenvalue weighted by atomic mass is 16.6. The molecule has 0 spiro atoms. The maximum absolute atomic E-state index is 11.7. The van der Waals surface area contributed by atoms with Gasteiger partial charge in [-0.25, -0.2) is 4.79 Å². The summed E-state index contributed by atoms with van der Waals surface area (Å²) >= 11 is 0. The number of carbonyl (C=O) groups excluding carboxylic acids is 2. The van der Waals surface area contributed by atoms with Crippen LogP contribution in [-0.2, 0) is 9.53 Å². The lowest BCUT2D eigenvalue weighted by atomic mass is 9.92. The third kappa shape index (κ3) is 5.34. The van der Waals surface area contributed by atoms with Crippen LogP contribution in [0.15, 0.2) is 12.2 Å². The first-order valence-electron chi connectivity index (χ1n) is 6.54. The summed E-state index contributed by atoms with van der Waals surface area (Å²) in [6.07, 6.45) is 8.31. The van der Waals surface area contributed by atoms with Gasteiger partial charge in [-0.15, -0.1) is 0 Å². The fourth-order valence-corrected chi connectivity index (χ4v) is 1.96. The van der Waals surface area contributed by atoms with Crippen LogP contribution in [0.1, 0.15) is 46.5 Å². The molecule has 2 unspecified atom stereocenters. The SMILES string of the molecule is CC(C)(C)OC(=O)NC1C=CCCCCC1C=O. The topological polar surface area (TPSA) is 55.4 Å². The molecule has 18 heavy (non-hydrogen) atoms. The van der Waals surface area contributed by atoms with Crippen molar-refractivity contribution in [2.75, 3.05) is 0 Å². The molecule has 0 heterocycles. The Labute approximate surface area is 109 Å². The zero-order chi connectivity index (χ0) is 13.6. The van der Waals surface area contributed by atoms with Crippen LogP contribution in [0.5, 0.6) is 0 Å². The zero-order valence-corrected chi connectivity index (χ0v) is 11.4. The Balaban J connectivity index is 2.62. The number of aldehydes is 1. The van der Waals surface area contributed by atoms with Crippen molar-refractivity contribution in [3.63, 3.8) is 0 Å². The first-order valence-corrected chi connectivity index (χ1v) is 6.54. The van der Waals surface area contributed by atoms with Gasteiger partial charge < -0.3 is 14.8 Å². The number of rotatable bonds is 2. The minimum Gasteiger partial charge on any atom is -0.444 e. The molecule has 0 aromatic carbocycles. The van der Waals surface area contributed by atoms with E-state index in [0.717, 1.165) is 32.0 Å². The van der Waals surface area contributed by atoms with Crippen molar-refractivity contribution in [1.82, 2.24) is 5.32 Å². The maximum atomic E-state index is 11.7. The van der Waals surface area contributed by atoms with Crippen LogP contribution < -0.4 is 5.32 Å². The summed E-state index contributed by atoms with van der Waals surface area (Å²) in [6, 6.07) is -0.252. The molecule has 1 rings (SSSR count). The van der Waals surface area contributed by atoms with Crippen molar-refractivity contribution in [2.45, 2.75) is 58.1 Å². The van der Waals surface area contributed by atoms with Crippen molar-refractivity contribution >= 4 is 12.4 Å². The Hall–Kier alpha value is -1.32. The highest BCUT2D eigenvalue weighted by molar-refractivity contribution is 5.69. The molecule has 0 bridgehead atoms. The molecule has 0 saturated carbocycles. The minimum atomic E-state index is -0.522. The largest absolute Gasteiger partial charge is 0.444 e. The predicted octanol–water partition coefficient (Wildman–Crippen LogP) is 2.83. The molecule has 0 aromatic rings. The third-order valence-corrected chi connectivity index (χ3v) is 2.82. The number of carbonyl (C=O) groups is 2. The summed E-state index contributed by atoms with van der Waals surface area (Å²) in [4.78, 5) is 22.8. The number of hydrogen-bond donors (Lipinski definition) is 1. The summed E-state index contributed by atoms with van der Waals surface area (Å²) in [5, 5.41) is 2.76. The van der Waals surface area contributed by atoms with Crippen LogP contribution in [0.2, 0.25) is 0 Å². The molecule has 0 fully saturated rings. The fourth-order valence-electron chi connectivity index (χ4n) is 1.96. The van der Waals surface area contributed by atoms with Crippen LogP contribution in [0.25, 0.3) is 0 Å². The van der Waals surface area contributed by atoms with Gasteiger partial charge in [0.2, 0.25) is 0 Å². The quantitative estimate of drug-likeness (QED) is 0.608. The van der Waals surface area contributed by atoms with E-state index in [1.807, 2.05) is 32.9 Å². The number of ether oxygens (including phenoxy) is 1. The second-order valence-corrected chi connectivity index (χ2v) is 5.68. The Morgan fingerprint density at radius 1 is 1.39 bits per heavy atom. The molecule has 1 aliphatic carbocycles. The van der Waals surface area contributed by atoms with Crippen molar-refractivity contribution < 1.29 is 14.3 Å². The van der Waals surface area contributed by atoms with Gasteiger partial charge in [0.15, 0.2) is 0 Å². The highest BCUT2D eigenvalue weighted by Gasteiger charge is 2.24. The second-order valence-electron chi connectivity index (χ2n) is 5.68. The molecule has 0 aromatic heterocycles. The van der Waals surface area contributed by atoms with Gasteiger partial charge in [0, 0.05) is 5.92 Å². The summed E-state index contributed by atoms with van der Waals surface area (Å²) in [5.41, 5.74) is -0.522. The van der Waals surface area contributed by atoms with Gasteiger partial charge in [0.1, 0.15) is 11.9 Å². The molecular weight excluding hydrogens is 230 g/mol. The molecule has 102 valence electrons. The van der Waals surface area contributed by atoms with E-state index in [1.54, 1.807) is 0 Å². The number of hydrogen-bond acceptors (Lipinski definition) is 3. The van der Waals surface area contributed by atoms with E-state index in [-0.39, 0.29) is 12.0 Å². The zero-order valence-electron chi connectivity index (χ0n) is 11.4. The number of allylic oxidation sites excluding steroid dienone is 1. The Morgan fingerprint density at radius 2 is 2.11 bits per heavy atom. The standard InChI is InChI=1S/C14H23NO3/c1-14(2,3)18-13(17)15-12-9-7-5-4-6-8-11(12)10-16/h7,9-12H,4-6,8H2,1-3H3,(H,15,17). The van der Waals surface area contributed by atoms with E-state index in [1.165, 1.54) is 0 Å². The van der Waals surface area contributed by atoms with E-state index in [9.17, 15) is 9.59 Å². The number of amides is 1. The Morgan fingerprint density at radius 3 is 2.72 bits per heavy atom. The lowest BCUT2D eigenvalue weighted by Crippen LogP contribution is -2.42. The molecule has 1 N–H and O–H groups in total. The average molecular weight is 253 g/mol.